The van der Waals surface area contributed by atoms with Crippen LogP contribution >= 0.6 is 58.8 Å². The summed E-state index contributed by atoms with van der Waals surface area (Å²) in [5.41, 5.74) is 9.34. The number of amides is 7. The Morgan fingerprint density at radius 2 is 0.794 bits per heavy atom. The van der Waals surface area contributed by atoms with Gasteiger partial charge in [0.15, 0.2) is 0 Å². The molecule has 0 radical (unpaired) electrons. The number of carbonyl (C=O) groups excluding carboxylic acids is 7. The number of ether oxygens (including phenoxy) is 1. The first-order chi connectivity index (χ1) is 61.6. The molecule has 8 aromatic rings. The van der Waals surface area contributed by atoms with E-state index in [1.54, 1.807) is 23.1 Å². The lowest BCUT2D eigenvalue weighted by Gasteiger charge is -2.32. The third-order valence-corrected chi connectivity index (χ3v) is 26.9. The van der Waals surface area contributed by atoms with Crippen molar-refractivity contribution in [1.82, 2.24) is 61.2 Å². The Morgan fingerprint density at radius 3 is 1.15 bits per heavy atom. The van der Waals surface area contributed by atoms with Gasteiger partial charge in [0.05, 0.1) is 15.1 Å². The van der Waals surface area contributed by atoms with Crippen molar-refractivity contribution in [3.8, 4) is 0 Å². The summed E-state index contributed by atoms with van der Waals surface area (Å²) in [5.74, 6) is -2.85. The van der Waals surface area contributed by atoms with Crippen LogP contribution in [0.25, 0.3) is 0 Å². The molecule has 37 heteroatoms. The number of hydrogen-bond acceptors (Lipinski definition) is 16. The molecule has 8 aromatic carbocycles. The quantitative estimate of drug-likeness (QED) is 0.0129. The van der Waals surface area contributed by atoms with E-state index in [0.717, 1.165) is 127 Å². The standard InChI is InChI=1S/C32H38ClFN4O4S.C30H40ClFN4O6S.C25H32ClFN4O4S.C7H7Cl.ClH/c1-22(2)18-29(32(40)35-15-7-16-36-43(41,42)30-13-12-25(34)19-28(30)33)37-31(39)27-11-6-10-24-21-38(17-14-26(24)27)20-23-8-4-3-5-9-23;1-19(2)16-25(28(38)33-13-7-14-34-43(40,41)26-11-10-21(32)17-24(26)31)35-27(37)23-9-6-8-20-18-36(15-12-22(20)23)29(39)42-30(3,4)5;1-16(2)13-22(31-24(32)20-6-3-5-17-15-28-12-9-19(17)20)25(33)29-10-4-11-30-36(34,35)23-8-7-18(27)14-21(23)26;8-6-7-4-2-1-3-5-7;/h3-6,8-13,19,22,29,36H,7,14-18,20-21H2,1-2H3,(H,35,40)(H,37,39);6,8-11,17,19,25,34H,7,12-16,18H2,1-5H3,(H,33,38)(H,35,37);3,5-8,14,16,22,28,30H,4,9-13,15H2,1-2H3,(H,29,33)(H,31,32);1-5H,6H2;1H/t29-;25-;22-;;/m000../s1. The van der Waals surface area contributed by atoms with Gasteiger partial charge in [0, 0.05) is 101 Å². The topological polar surface area (TPSA) is 358 Å². The average molecular weight is 1970 g/mol. The zero-order valence-corrected chi connectivity index (χ0v) is 81.1. The molecule has 0 aromatic heterocycles. The highest BCUT2D eigenvalue weighted by molar-refractivity contribution is 7.90. The minimum absolute atomic E-state index is 0. The Kier molecular flexibility index (Phi) is 43.5. The second kappa shape index (κ2) is 52.4. The van der Waals surface area contributed by atoms with Gasteiger partial charge in [-0.3, -0.25) is 33.7 Å². The van der Waals surface area contributed by atoms with E-state index in [0.29, 0.717) is 80.7 Å². The van der Waals surface area contributed by atoms with Gasteiger partial charge in [-0.05, 0) is 220 Å². The fourth-order valence-corrected chi connectivity index (χ4v) is 19.5. The van der Waals surface area contributed by atoms with Crippen LogP contribution in [0.2, 0.25) is 15.1 Å². The number of halogens is 8. The Morgan fingerprint density at radius 1 is 0.443 bits per heavy atom. The van der Waals surface area contributed by atoms with E-state index in [1.165, 1.54) is 11.1 Å². The summed E-state index contributed by atoms with van der Waals surface area (Å²) in [5, 5.41) is 19.7. The molecule has 131 heavy (non-hydrogen) atoms. The van der Waals surface area contributed by atoms with Gasteiger partial charge in [-0.15, -0.1) is 24.0 Å². The fourth-order valence-electron chi connectivity index (χ4n) is 14.5. The lowest BCUT2D eigenvalue weighted by Crippen LogP contribution is -2.48. The minimum atomic E-state index is -3.96. The monoisotopic (exact) mass is 1970 g/mol. The lowest BCUT2D eigenvalue weighted by molar-refractivity contribution is -0.124. The first kappa shape index (κ1) is 109. The molecular formula is C94H118Cl5F3N12O14S3. The molecule has 0 saturated heterocycles. The van der Waals surface area contributed by atoms with Crippen LogP contribution in [-0.4, -0.2) is 159 Å². The predicted octanol–water partition coefficient (Wildman–Crippen LogP) is 14.7. The van der Waals surface area contributed by atoms with Gasteiger partial charge in [0.1, 0.15) is 55.9 Å². The van der Waals surface area contributed by atoms with E-state index in [1.807, 2.05) is 141 Å². The summed E-state index contributed by atoms with van der Waals surface area (Å²) < 4.78 is 127. The molecule has 0 unspecified atom stereocenters. The van der Waals surface area contributed by atoms with Crippen molar-refractivity contribution in [3.05, 3.63) is 264 Å². The highest BCUT2D eigenvalue weighted by Crippen LogP contribution is 2.30. The zero-order valence-electron chi connectivity index (χ0n) is 74.8. The van der Waals surface area contributed by atoms with Crippen LogP contribution in [0, 0.1) is 35.2 Å². The van der Waals surface area contributed by atoms with Crippen LogP contribution in [-0.2, 0) is 101 Å². The van der Waals surface area contributed by atoms with Crippen molar-refractivity contribution in [3.63, 3.8) is 0 Å². The van der Waals surface area contributed by atoms with E-state index in [2.05, 4.69) is 74.5 Å². The summed E-state index contributed by atoms with van der Waals surface area (Å²) in [7, 11) is -11.8. The van der Waals surface area contributed by atoms with Gasteiger partial charge in [-0.1, -0.05) is 173 Å². The smallest absolute Gasteiger partial charge is 0.410 e. The maximum atomic E-state index is 13.4. The second-order valence-corrected chi connectivity index (χ2v) is 40.5. The average Bonchev–Trinajstić information content (AvgIpc) is 0.797. The number of rotatable bonds is 36. The van der Waals surface area contributed by atoms with Crippen LogP contribution in [0.3, 0.4) is 0 Å². The van der Waals surface area contributed by atoms with Crippen molar-refractivity contribution < 1.29 is 76.7 Å². The number of alkyl halides is 1. The molecule has 3 atom stereocenters. The van der Waals surface area contributed by atoms with Crippen LogP contribution < -0.4 is 51.4 Å². The first-order valence-electron chi connectivity index (χ1n) is 43.1. The maximum Gasteiger partial charge on any atom is 0.410 e. The molecule has 0 bridgehead atoms. The van der Waals surface area contributed by atoms with Crippen LogP contribution in [0.5, 0.6) is 0 Å². The Bertz CT molecular complexity index is 5560. The van der Waals surface area contributed by atoms with Crippen LogP contribution in [0.15, 0.2) is 185 Å². The van der Waals surface area contributed by atoms with E-state index < -0.39 is 77.3 Å². The SMILES string of the molecule is CC(C)C[C@H](NC(=O)c1cccc2c1CCN(C(=O)OC(C)(C)C)C2)C(=O)NCCCNS(=O)(=O)c1ccc(F)cc1Cl.CC(C)C[C@H](NC(=O)c1cccc2c1CCN(Cc1ccccc1)C2)C(=O)NCCCNS(=O)(=O)c1ccc(F)cc1Cl.CC(C)C[C@H](NC(=O)c1cccc2c1CCNC2)C(=O)NCCCNS(=O)(=O)c1ccc(F)cc1Cl.Cl.ClCc1ccccc1. The summed E-state index contributed by atoms with van der Waals surface area (Å²) in [4.78, 5) is 94.7. The number of nitrogens with zero attached hydrogens (tertiary/aromatic N) is 2. The number of benzene rings is 8. The summed E-state index contributed by atoms with van der Waals surface area (Å²) in [6.07, 6.45) is 3.75. The van der Waals surface area contributed by atoms with E-state index in [9.17, 15) is 72.0 Å². The van der Waals surface area contributed by atoms with Gasteiger partial charge in [0.2, 0.25) is 47.8 Å². The highest BCUT2D eigenvalue weighted by Gasteiger charge is 2.33. The van der Waals surface area contributed by atoms with Crippen molar-refractivity contribution in [2.75, 3.05) is 58.9 Å². The summed E-state index contributed by atoms with van der Waals surface area (Å²) >= 11 is 23.1. The van der Waals surface area contributed by atoms with Crippen LogP contribution in [0.4, 0.5) is 18.0 Å². The Labute approximate surface area is 793 Å². The van der Waals surface area contributed by atoms with E-state index >= 15 is 0 Å². The lowest BCUT2D eigenvalue weighted by atomic mass is 9.93. The summed E-state index contributed by atoms with van der Waals surface area (Å²) in [6, 6.07) is 43.8. The fraction of sp³-hybridized carbons (Fsp3) is 0.415. The van der Waals surface area contributed by atoms with Gasteiger partial charge >= 0.3 is 6.09 Å². The van der Waals surface area contributed by atoms with Crippen molar-refractivity contribution in [1.29, 1.82) is 0 Å². The van der Waals surface area contributed by atoms with Crippen LogP contribution in [0.1, 0.15) is 176 Å². The predicted molar refractivity (Wildman–Crippen MR) is 507 cm³/mol. The largest absolute Gasteiger partial charge is 0.444 e. The zero-order chi connectivity index (χ0) is 95.0. The van der Waals surface area contributed by atoms with Gasteiger partial charge in [-0.2, -0.15) is 0 Å². The highest BCUT2D eigenvalue weighted by atomic mass is 35.5. The number of nitrogens with one attached hydrogen (secondary N) is 10. The molecule has 26 nitrogen and oxygen atoms in total. The molecule has 3 aliphatic heterocycles. The Balaban J connectivity index is 0.000000257. The Hall–Kier alpha value is -9.26. The number of hydrogen-bond donors (Lipinski definition) is 10. The molecule has 10 N–H and O–H groups in total. The van der Waals surface area contributed by atoms with Gasteiger partial charge in [-0.25, -0.2) is 57.4 Å². The first-order valence-corrected chi connectivity index (χ1v) is 49.2. The minimum Gasteiger partial charge on any atom is -0.444 e. The van der Waals surface area contributed by atoms with E-state index in [-0.39, 0.29) is 141 Å². The van der Waals surface area contributed by atoms with Crippen molar-refractivity contribution in [2.45, 2.75) is 191 Å². The summed E-state index contributed by atoms with van der Waals surface area (Å²) in [6.45, 7) is 22.5. The number of carbonyl (C=O) groups is 7. The van der Waals surface area contributed by atoms with Crippen molar-refractivity contribution in [2.24, 2.45) is 17.8 Å². The second-order valence-electron chi connectivity index (χ2n) is 33.8. The molecular weight excluding hydrogens is 1850 g/mol. The molecule has 11 rings (SSSR count). The normalized spacial score (nSPS) is 13.8. The molecule has 3 aliphatic rings. The molecule has 3 heterocycles. The molecule has 0 fully saturated rings. The molecule has 712 valence electrons. The third kappa shape index (κ3) is 34.9. The number of fused-ring (bicyclic) bond motifs is 3. The molecule has 7 amide bonds. The molecule has 0 aliphatic carbocycles. The van der Waals surface area contributed by atoms with E-state index in [4.69, 9.17) is 51.1 Å². The van der Waals surface area contributed by atoms with Crippen molar-refractivity contribution >= 4 is 130 Å². The molecule has 0 saturated carbocycles. The van der Waals surface area contributed by atoms with Gasteiger partial charge < -0.3 is 46.9 Å². The number of sulfonamides is 3. The maximum absolute atomic E-state index is 13.4. The molecule has 0 spiro atoms. The van der Waals surface area contributed by atoms with Gasteiger partial charge in [0.25, 0.3) is 17.7 Å². The third-order valence-electron chi connectivity index (χ3n) is 20.8.